The normalized spacial score (nSPS) is 11.6. The second-order valence-electron chi connectivity index (χ2n) is 4.54. The van der Waals surface area contributed by atoms with Crippen LogP contribution in [-0.4, -0.2) is 36.7 Å². The molecule has 0 saturated carbocycles. The highest BCUT2D eigenvalue weighted by Crippen LogP contribution is 2.06. The molecule has 2 heterocycles. The van der Waals surface area contributed by atoms with Crippen molar-refractivity contribution in [2.24, 2.45) is 14.1 Å². The first-order valence-electron chi connectivity index (χ1n) is 6.34. The van der Waals surface area contributed by atoms with Gasteiger partial charge in [-0.2, -0.15) is 0 Å². The van der Waals surface area contributed by atoms with Crippen molar-refractivity contribution < 1.29 is 0 Å². The van der Waals surface area contributed by atoms with Crippen molar-refractivity contribution in [1.82, 2.24) is 23.6 Å². The molecule has 0 radical (unpaired) electrons. The van der Waals surface area contributed by atoms with Crippen LogP contribution in [0.15, 0.2) is 15.9 Å². The Kier molecular flexibility index (Phi) is 3.57. The highest BCUT2D eigenvalue weighted by atomic mass is 16.2. The molecule has 0 aliphatic carbocycles. The molecule has 0 unspecified atom stereocenters. The van der Waals surface area contributed by atoms with E-state index in [0.717, 1.165) is 17.7 Å². The Balaban J connectivity index is 2.66. The Hall–Kier alpha value is -1.89. The van der Waals surface area contributed by atoms with E-state index in [1.165, 1.54) is 11.6 Å². The summed E-state index contributed by atoms with van der Waals surface area (Å²) in [7, 11) is 3.11. The van der Waals surface area contributed by atoms with E-state index in [1.54, 1.807) is 17.9 Å². The fourth-order valence-electron chi connectivity index (χ4n) is 2.14. The largest absolute Gasteiger partial charge is 0.332 e. The van der Waals surface area contributed by atoms with E-state index in [0.29, 0.717) is 17.8 Å². The SMILES string of the molecule is CCN(CC)Cn1cnc2c1c(=O)n(C)c(=O)n2C. The van der Waals surface area contributed by atoms with Gasteiger partial charge in [-0.25, -0.2) is 9.78 Å². The average Bonchev–Trinajstić information content (AvgIpc) is 2.83. The van der Waals surface area contributed by atoms with Gasteiger partial charge in [0.25, 0.3) is 5.56 Å². The average molecular weight is 265 g/mol. The van der Waals surface area contributed by atoms with Gasteiger partial charge in [-0.05, 0) is 13.1 Å². The smallest absolute Gasteiger partial charge is 0.311 e. The predicted octanol–water partition coefficient (Wildman–Crippen LogP) is -0.267. The standard InChI is InChI=1S/C12H19N5O2/c1-5-16(6-2)8-17-7-13-10-9(17)11(18)15(4)12(19)14(10)3/h7H,5-6,8H2,1-4H3. The summed E-state index contributed by atoms with van der Waals surface area (Å²) in [5, 5.41) is 0. The molecule has 0 amide bonds. The molecule has 7 heteroatoms. The molecular formula is C12H19N5O2. The first-order chi connectivity index (χ1) is 9.01. The zero-order valence-electron chi connectivity index (χ0n) is 11.8. The number of aryl methyl sites for hydroxylation is 1. The van der Waals surface area contributed by atoms with Gasteiger partial charge in [0, 0.05) is 14.1 Å². The summed E-state index contributed by atoms with van der Waals surface area (Å²) in [6.45, 7) is 6.51. The number of nitrogens with zero attached hydrogens (tertiary/aromatic N) is 5. The summed E-state index contributed by atoms with van der Waals surface area (Å²) in [6, 6.07) is 0. The minimum Gasteiger partial charge on any atom is -0.311 e. The van der Waals surface area contributed by atoms with Crippen LogP contribution in [0.1, 0.15) is 13.8 Å². The molecular weight excluding hydrogens is 246 g/mol. The summed E-state index contributed by atoms with van der Waals surface area (Å²) in [4.78, 5) is 30.4. The molecule has 0 aliphatic heterocycles. The first-order valence-corrected chi connectivity index (χ1v) is 6.34. The fraction of sp³-hybridized carbons (Fsp3) is 0.583. The van der Waals surface area contributed by atoms with Crippen molar-refractivity contribution in [1.29, 1.82) is 0 Å². The molecule has 0 saturated heterocycles. The van der Waals surface area contributed by atoms with Gasteiger partial charge in [0.05, 0.1) is 13.0 Å². The summed E-state index contributed by atoms with van der Waals surface area (Å²) in [5.74, 6) is 0. The minimum absolute atomic E-state index is 0.303. The van der Waals surface area contributed by atoms with Crippen molar-refractivity contribution in [3.05, 3.63) is 27.2 Å². The molecule has 0 spiro atoms. The van der Waals surface area contributed by atoms with E-state index < -0.39 is 0 Å². The van der Waals surface area contributed by atoms with Crippen LogP contribution >= 0.6 is 0 Å². The van der Waals surface area contributed by atoms with E-state index in [-0.39, 0.29) is 11.2 Å². The Bertz CT molecular complexity index is 705. The molecule has 0 fully saturated rings. The maximum absolute atomic E-state index is 12.2. The first kappa shape index (κ1) is 13.5. The Morgan fingerprint density at radius 1 is 1.16 bits per heavy atom. The van der Waals surface area contributed by atoms with E-state index >= 15 is 0 Å². The van der Waals surface area contributed by atoms with Crippen molar-refractivity contribution in [2.75, 3.05) is 13.1 Å². The maximum atomic E-state index is 12.2. The minimum atomic E-state index is -0.356. The lowest BCUT2D eigenvalue weighted by Crippen LogP contribution is -2.38. The number of rotatable bonds is 4. The van der Waals surface area contributed by atoms with Crippen LogP contribution in [0, 0.1) is 0 Å². The van der Waals surface area contributed by atoms with E-state index in [4.69, 9.17) is 0 Å². The highest BCUT2D eigenvalue weighted by molar-refractivity contribution is 5.69. The second-order valence-corrected chi connectivity index (χ2v) is 4.54. The van der Waals surface area contributed by atoms with Gasteiger partial charge in [-0.15, -0.1) is 0 Å². The van der Waals surface area contributed by atoms with Gasteiger partial charge in [-0.1, -0.05) is 13.8 Å². The van der Waals surface area contributed by atoms with Crippen LogP contribution in [0.2, 0.25) is 0 Å². The molecule has 2 aromatic rings. The fourth-order valence-corrected chi connectivity index (χ4v) is 2.14. The van der Waals surface area contributed by atoms with Crippen molar-refractivity contribution >= 4 is 11.2 Å². The number of imidazole rings is 1. The Morgan fingerprint density at radius 2 is 1.79 bits per heavy atom. The molecule has 7 nitrogen and oxygen atoms in total. The second kappa shape index (κ2) is 5.00. The van der Waals surface area contributed by atoms with Crippen LogP contribution in [-0.2, 0) is 20.8 Å². The molecule has 2 rings (SSSR count). The topological polar surface area (TPSA) is 65.1 Å². The number of fused-ring (bicyclic) bond motifs is 1. The van der Waals surface area contributed by atoms with Crippen LogP contribution in [0.4, 0.5) is 0 Å². The van der Waals surface area contributed by atoms with Crippen molar-refractivity contribution in [3.8, 4) is 0 Å². The third kappa shape index (κ3) is 2.10. The molecule has 2 aromatic heterocycles. The molecule has 0 bridgehead atoms. The van der Waals surface area contributed by atoms with Crippen LogP contribution in [0.5, 0.6) is 0 Å². The van der Waals surface area contributed by atoms with Crippen LogP contribution in [0.3, 0.4) is 0 Å². The molecule has 0 aromatic carbocycles. The van der Waals surface area contributed by atoms with E-state index in [1.807, 2.05) is 0 Å². The zero-order chi connectivity index (χ0) is 14.2. The van der Waals surface area contributed by atoms with Gasteiger partial charge in [0.2, 0.25) is 0 Å². The lowest BCUT2D eigenvalue weighted by atomic mass is 10.5. The number of aromatic nitrogens is 4. The molecule has 19 heavy (non-hydrogen) atoms. The van der Waals surface area contributed by atoms with Gasteiger partial charge < -0.3 is 4.57 Å². The quantitative estimate of drug-likeness (QED) is 0.763. The summed E-state index contributed by atoms with van der Waals surface area (Å²) in [6.07, 6.45) is 1.61. The monoisotopic (exact) mass is 265 g/mol. The predicted molar refractivity (Wildman–Crippen MR) is 73.1 cm³/mol. The summed E-state index contributed by atoms with van der Waals surface area (Å²) >= 11 is 0. The third-order valence-corrected chi connectivity index (χ3v) is 3.46. The molecule has 0 aliphatic rings. The number of hydrogen-bond acceptors (Lipinski definition) is 4. The van der Waals surface area contributed by atoms with Crippen LogP contribution < -0.4 is 11.2 Å². The lowest BCUT2D eigenvalue weighted by Gasteiger charge is -2.18. The Labute approximate surface area is 110 Å². The third-order valence-electron chi connectivity index (χ3n) is 3.46. The molecule has 0 N–H and O–H groups in total. The van der Waals surface area contributed by atoms with Gasteiger partial charge in [0.15, 0.2) is 11.2 Å². The van der Waals surface area contributed by atoms with Crippen molar-refractivity contribution in [2.45, 2.75) is 20.5 Å². The highest BCUT2D eigenvalue weighted by Gasteiger charge is 2.14. The summed E-state index contributed by atoms with van der Waals surface area (Å²) < 4.78 is 4.31. The molecule has 0 atom stereocenters. The number of hydrogen-bond donors (Lipinski definition) is 0. The van der Waals surface area contributed by atoms with Crippen molar-refractivity contribution in [3.63, 3.8) is 0 Å². The maximum Gasteiger partial charge on any atom is 0.332 e. The summed E-state index contributed by atoms with van der Waals surface area (Å²) in [5.41, 5.74) is 0.241. The van der Waals surface area contributed by atoms with Gasteiger partial charge in [-0.3, -0.25) is 18.8 Å². The van der Waals surface area contributed by atoms with Gasteiger partial charge >= 0.3 is 5.69 Å². The molecule has 104 valence electrons. The van der Waals surface area contributed by atoms with Gasteiger partial charge in [0.1, 0.15) is 0 Å². The Morgan fingerprint density at radius 3 is 2.37 bits per heavy atom. The lowest BCUT2D eigenvalue weighted by molar-refractivity contribution is 0.245. The van der Waals surface area contributed by atoms with E-state index in [9.17, 15) is 9.59 Å². The zero-order valence-corrected chi connectivity index (χ0v) is 11.8. The van der Waals surface area contributed by atoms with Crippen LogP contribution in [0.25, 0.3) is 11.2 Å². The van der Waals surface area contributed by atoms with E-state index in [2.05, 4.69) is 23.7 Å².